The van der Waals surface area contributed by atoms with Gasteiger partial charge in [0.15, 0.2) is 0 Å². The predicted octanol–water partition coefficient (Wildman–Crippen LogP) is 1.87. The van der Waals surface area contributed by atoms with Crippen molar-refractivity contribution >= 4 is 5.91 Å². The molecule has 3 nitrogen and oxygen atoms in total. The van der Waals surface area contributed by atoms with Crippen LogP contribution in [0.2, 0.25) is 0 Å². The Labute approximate surface area is 119 Å². The molecule has 0 aromatic rings. The zero-order valence-electron chi connectivity index (χ0n) is 10.2. The summed E-state index contributed by atoms with van der Waals surface area (Å²) in [6.45, 7) is 11.7. The standard InChI is InChI=1S/C9H16NO2.C2H6.Y/c1-3-10(8(2)11)9-4-6-12-7-5-9;1-2;/h9H,2-7H2,1H3;1-2H3;/q-1;;. The van der Waals surface area contributed by atoms with Gasteiger partial charge in [-0.2, -0.15) is 0 Å². The summed E-state index contributed by atoms with van der Waals surface area (Å²) in [6.07, 6.45) is 1.91. The van der Waals surface area contributed by atoms with Crippen LogP contribution in [0.25, 0.3) is 0 Å². The molecule has 0 unspecified atom stereocenters. The minimum atomic E-state index is -0.0654. The Morgan fingerprint density at radius 2 is 1.87 bits per heavy atom. The summed E-state index contributed by atoms with van der Waals surface area (Å²) >= 11 is 0. The Hall–Kier alpha value is 0.404. The van der Waals surface area contributed by atoms with Gasteiger partial charge in [-0.1, -0.05) is 13.8 Å². The Kier molecular flexibility index (Phi) is 12.9. The normalized spacial score (nSPS) is 15.7. The van der Waals surface area contributed by atoms with E-state index in [9.17, 15) is 4.79 Å². The van der Waals surface area contributed by atoms with E-state index >= 15 is 0 Å². The fourth-order valence-electron chi connectivity index (χ4n) is 1.64. The molecule has 87 valence electrons. The fraction of sp³-hybridized carbons (Fsp3) is 0.818. The summed E-state index contributed by atoms with van der Waals surface area (Å²) in [4.78, 5) is 12.9. The van der Waals surface area contributed by atoms with Crippen molar-refractivity contribution in [2.24, 2.45) is 0 Å². The Morgan fingerprint density at radius 1 is 1.40 bits per heavy atom. The quantitative estimate of drug-likeness (QED) is 0.726. The second-order valence-electron chi connectivity index (χ2n) is 3.02. The van der Waals surface area contributed by atoms with Crippen LogP contribution in [-0.4, -0.2) is 36.6 Å². The van der Waals surface area contributed by atoms with Crippen molar-refractivity contribution in [1.82, 2.24) is 4.90 Å². The average Bonchev–Trinajstić information content (AvgIpc) is 2.23. The maximum atomic E-state index is 11.0. The number of nitrogens with zero attached hydrogens (tertiary/aromatic N) is 1. The van der Waals surface area contributed by atoms with Gasteiger partial charge in [0.2, 0.25) is 0 Å². The Balaban J connectivity index is 0. The number of rotatable bonds is 2. The molecule has 15 heavy (non-hydrogen) atoms. The van der Waals surface area contributed by atoms with E-state index < -0.39 is 0 Å². The number of hydrogen-bond donors (Lipinski definition) is 0. The van der Waals surface area contributed by atoms with Crippen LogP contribution in [0.1, 0.15) is 33.6 Å². The van der Waals surface area contributed by atoms with Gasteiger partial charge in [0.1, 0.15) is 0 Å². The van der Waals surface area contributed by atoms with Gasteiger partial charge in [0.25, 0.3) is 0 Å². The van der Waals surface area contributed by atoms with Crippen LogP contribution in [0.15, 0.2) is 0 Å². The first-order chi connectivity index (χ1) is 6.75. The molecule has 1 heterocycles. The largest absolute Gasteiger partial charge is 0.381 e. The first kappa shape index (κ1) is 17.8. The van der Waals surface area contributed by atoms with Crippen molar-refractivity contribution in [3.63, 3.8) is 0 Å². The summed E-state index contributed by atoms with van der Waals surface area (Å²) in [6, 6.07) is 0.355. The van der Waals surface area contributed by atoms with E-state index in [1.807, 2.05) is 25.7 Å². The van der Waals surface area contributed by atoms with Crippen LogP contribution in [0.5, 0.6) is 0 Å². The van der Waals surface area contributed by atoms with E-state index in [0.29, 0.717) is 6.04 Å². The van der Waals surface area contributed by atoms with Gasteiger partial charge in [0.05, 0.1) is 5.91 Å². The van der Waals surface area contributed by atoms with Crippen molar-refractivity contribution in [1.29, 1.82) is 0 Å². The summed E-state index contributed by atoms with van der Waals surface area (Å²) in [5.74, 6) is -0.0654. The molecule has 0 aromatic carbocycles. The molecule has 1 rings (SSSR count). The molecule has 0 N–H and O–H groups in total. The van der Waals surface area contributed by atoms with Crippen LogP contribution >= 0.6 is 0 Å². The van der Waals surface area contributed by atoms with E-state index in [1.165, 1.54) is 0 Å². The predicted molar refractivity (Wildman–Crippen MR) is 57.9 cm³/mol. The number of carbonyl (C=O) groups excluding carboxylic acids is 1. The molecule has 0 aromatic heterocycles. The van der Waals surface area contributed by atoms with E-state index in [1.54, 1.807) is 0 Å². The first-order valence-electron chi connectivity index (χ1n) is 5.46. The summed E-state index contributed by atoms with van der Waals surface area (Å²) in [5.41, 5.74) is 0. The Morgan fingerprint density at radius 3 is 2.20 bits per heavy atom. The molecule has 1 radical (unpaired) electrons. The molecule has 0 saturated carbocycles. The second kappa shape index (κ2) is 10.9. The molecule has 0 bridgehead atoms. The van der Waals surface area contributed by atoms with Gasteiger partial charge in [-0.25, -0.2) is 0 Å². The third-order valence-electron chi connectivity index (χ3n) is 2.29. The zero-order chi connectivity index (χ0) is 11.0. The number of ether oxygens (including phenoxy) is 1. The summed E-state index contributed by atoms with van der Waals surface area (Å²) < 4.78 is 5.22. The van der Waals surface area contributed by atoms with Gasteiger partial charge in [-0.05, 0) is 19.8 Å². The Bertz CT molecular complexity index is 159. The van der Waals surface area contributed by atoms with Crippen LogP contribution in [0.3, 0.4) is 0 Å². The van der Waals surface area contributed by atoms with E-state index in [0.717, 1.165) is 32.6 Å². The first-order valence-corrected chi connectivity index (χ1v) is 5.46. The van der Waals surface area contributed by atoms with Crippen LogP contribution in [0, 0.1) is 6.92 Å². The van der Waals surface area contributed by atoms with Crippen LogP contribution in [0.4, 0.5) is 0 Å². The number of hydrogen-bond acceptors (Lipinski definition) is 2. The third kappa shape index (κ3) is 6.54. The number of amides is 1. The maximum absolute atomic E-state index is 11.0. The number of carbonyl (C=O) groups is 1. The molecular formula is C11H22NO2Y-. The van der Waals surface area contributed by atoms with Crippen molar-refractivity contribution in [2.45, 2.75) is 39.7 Å². The van der Waals surface area contributed by atoms with Crippen molar-refractivity contribution in [2.75, 3.05) is 19.8 Å². The van der Waals surface area contributed by atoms with Gasteiger partial charge in [0, 0.05) is 58.5 Å². The molecule has 1 aliphatic heterocycles. The van der Waals surface area contributed by atoms with E-state index in [2.05, 4.69) is 6.92 Å². The molecule has 1 amide bonds. The van der Waals surface area contributed by atoms with Crippen molar-refractivity contribution in [3.8, 4) is 0 Å². The third-order valence-corrected chi connectivity index (χ3v) is 2.29. The monoisotopic (exact) mass is 289 g/mol. The summed E-state index contributed by atoms with van der Waals surface area (Å²) in [5, 5.41) is 0. The second-order valence-corrected chi connectivity index (χ2v) is 3.02. The molecule has 0 aliphatic carbocycles. The van der Waals surface area contributed by atoms with Crippen LogP contribution in [-0.2, 0) is 42.2 Å². The van der Waals surface area contributed by atoms with Crippen LogP contribution < -0.4 is 0 Å². The SMILES string of the molecule is CC.[CH2-]C(=O)N(CC)C1CCOCC1.[Y]. The maximum Gasteiger partial charge on any atom is 0.0825 e. The van der Waals surface area contributed by atoms with E-state index in [-0.39, 0.29) is 38.6 Å². The average molecular weight is 289 g/mol. The molecule has 0 spiro atoms. The molecular weight excluding hydrogens is 267 g/mol. The van der Waals surface area contributed by atoms with Crippen molar-refractivity contribution < 1.29 is 42.2 Å². The van der Waals surface area contributed by atoms with Crippen molar-refractivity contribution in [3.05, 3.63) is 6.92 Å². The minimum absolute atomic E-state index is 0. The van der Waals surface area contributed by atoms with Gasteiger partial charge in [-0.15, -0.1) is 0 Å². The minimum Gasteiger partial charge on any atom is -0.381 e. The molecule has 0 atom stereocenters. The molecule has 1 aliphatic rings. The zero-order valence-corrected chi connectivity index (χ0v) is 13.0. The summed E-state index contributed by atoms with van der Waals surface area (Å²) in [7, 11) is 0. The van der Waals surface area contributed by atoms with E-state index in [4.69, 9.17) is 4.74 Å². The molecule has 1 saturated heterocycles. The van der Waals surface area contributed by atoms with Gasteiger partial charge >= 0.3 is 0 Å². The molecule has 4 heteroatoms. The van der Waals surface area contributed by atoms with Gasteiger partial charge in [-0.3, -0.25) is 0 Å². The fourth-order valence-corrected chi connectivity index (χ4v) is 1.64. The smallest absolute Gasteiger partial charge is 0.0825 e. The topological polar surface area (TPSA) is 29.5 Å². The van der Waals surface area contributed by atoms with Gasteiger partial charge < -0.3 is 21.4 Å². The molecule has 1 fully saturated rings.